The zero-order valence-electron chi connectivity index (χ0n) is 16.9. The fourth-order valence-electron chi connectivity index (χ4n) is 7.25. The fourth-order valence-corrected chi connectivity index (χ4v) is 8.26. The quantitative estimate of drug-likeness (QED) is 0.538. The molecule has 4 rings (SSSR count). The van der Waals surface area contributed by atoms with Crippen LogP contribution in [0.25, 0.3) is 0 Å². The Morgan fingerprint density at radius 2 is 1.97 bits per heavy atom. The average molecular weight is 471 g/mol. The van der Waals surface area contributed by atoms with Gasteiger partial charge in [0.1, 0.15) is 12.2 Å². The first-order chi connectivity index (χ1) is 13.4. The number of carbonyl (C=O) groups excluding carboxylic acids is 2. The smallest absolute Gasteiger partial charge is 0.190 e. The standard InChI is InChI=1S/C22H28BrFO5/c1-11-6-13-14-8-16(23)15-7-12(26)4-5-19(15,2)21(14,24)17(27)9-20(13,3)22(11,29)18(28)10-25/h4-5,7,11,13-14,16-17,25,27,29H,6,8-10H2,1-3H3. The van der Waals surface area contributed by atoms with Crippen LogP contribution in [0.3, 0.4) is 0 Å². The van der Waals surface area contributed by atoms with Gasteiger partial charge in [-0.1, -0.05) is 35.9 Å². The molecule has 0 spiro atoms. The van der Waals surface area contributed by atoms with Crippen molar-refractivity contribution in [3.05, 3.63) is 23.8 Å². The molecular weight excluding hydrogens is 443 g/mol. The molecule has 0 aromatic carbocycles. The van der Waals surface area contributed by atoms with Crippen LogP contribution in [0.4, 0.5) is 4.39 Å². The third-order valence-corrected chi connectivity index (χ3v) is 9.65. The molecule has 4 aliphatic carbocycles. The molecule has 0 amide bonds. The van der Waals surface area contributed by atoms with E-state index in [1.165, 1.54) is 12.2 Å². The number of carbonyl (C=O) groups is 2. The van der Waals surface area contributed by atoms with Gasteiger partial charge in [-0.15, -0.1) is 0 Å². The van der Waals surface area contributed by atoms with Crippen molar-refractivity contribution in [3.8, 4) is 0 Å². The fraction of sp³-hybridized carbons (Fsp3) is 0.727. The molecule has 29 heavy (non-hydrogen) atoms. The van der Waals surface area contributed by atoms with Gasteiger partial charge in [-0.25, -0.2) is 4.39 Å². The lowest BCUT2D eigenvalue weighted by Gasteiger charge is -2.63. The maximum atomic E-state index is 17.0. The Morgan fingerprint density at radius 3 is 2.59 bits per heavy atom. The Morgan fingerprint density at radius 1 is 1.31 bits per heavy atom. The van der Waals surface area contributed by atoms with Crippen molar-refractivity contribution in [2.45, 2.75) is 62.2 Å². The van der Waals surface area contributed by atoms with E-state index in [0.717, 1.165) is 0 Å². The molecular formula is C22H28BrFO5. The summed E-state index contributed by atoms with van der Waals surface area (Å²) in [5.74, 6) is -2.31. The van der Waals surface area contributed by atoms with E-state index in [9.17, 15) is 24.9 Å². The van der Waals surface area contributed by atoms with E-state index in [0.29, 0.717) is 18.4 Å². The number of hydrogen-bond acceptors (Lipinski definition) is 5. The van der Waals surface area contributed by atoms with Crippen LogP contribution in [0.2, 0.25) is 0 Å². The summed E-state index contributed by atoms with van der Waals surface area (Å²) in [6.45, 7) is 4.43. The first-order valence-electron chi connectivity index (χ1n) is 10.2. The van der Waals surface area contributed by atoms with Crippen molar-refractivity contribution in [3.63, 3.8) is 0 Å². The zero-order chi connectivity index (χ0) is 21.6. The van der Waals surface area contributed by atoms with E-state index < -0.39 is 52.4 Å². The molecule has 4 aliphatic rings. The SMILES string of the molecule is CC1CC2C3CC(Br)C4=CC(=O)C=CC4(C)C3(F)C(O)CC2(C)C1(O)C(=O)CO. The number of hydrogen-bond donors (Lipinski definition) is 3. The van der Waals surface area contributed by atoms with Crippen molar-refractivity contribution in [1.29, 1.82) is 0 Å². The van der Waals surface area contributed by atoms with Crippen molar-refractivity contribution >= 4 is 27.5 Å². The van der Waals surface area contributed by atoms with E-state index in [-0.39, 0.29) is 22.9 Å². The van der Waals surface area contributed by atoms with Crippen LogP contribution in [0.5, 0.6) is 0 Å². The highest BCUT2D eigenvalue weighted by Crippen LogP contribution is 2.71. The molecule has 7 heteroatoms. The van der Waals surface area contributed by atoms with Gasteiger partial charge in [-0.05, 0) is 55.7 Å². The Labute approximate surface area is 178 Å². The number of halogens is 2. The molecule has 0 aliphatic heterocycles. The molecule has 3 saturated carbocycles. The third kappa shape index (κ3) is 2.31. The molecule has 3 fully saturated rings. The summed E-state index contributed by atoms with van der Waals surface area (Å²) in [6.07, 6.45) is 3.65. The summed E-state index contributed by atoms with van der Waals surface area (Å²) in [5, 5.41) is 32.1. The van der Waals surface area contributed by atoms with Gasteiger partial charge in [0, 0.05) is 21.6 Å². The van der Waals surface area contributed by atoms with E-state index >= 15 is 4.39 Å². The highest BCUT2D eigenvalue weighted by Gasteiger charge is 2.76. The first kappa shape index (κ1) is 21.3. The third-order valence-electron chi connectivity index (χ3n) is 8.78. The van der Waals surface area contributed by atoms with Gasteiger partial charge < -0.3 is 15.3 Å². The lowest BCUT2D eigenvalue weighted by Crippen LogP contribution is -2.70. The Hall–Kier alpha value is -0.890. The summed E-state index contributed by atoms with van der Waals surface area (Å²) in [7, 11) is 0. The monoisotopic (exact) mass is 470 g/mol. The highest BCUT2D eigenvalue weighted by molar-refractivity contribution is 9.09. The molecule has 9 atom stereocenters. The van der Waals surface area contributed by atoms with Crippen LogP contribution in [0.1, 0.15) is 40.0 Å². The van der Waals surface area contributed by atoms with Crippen molar-refractivity contribution in [1.82, 2.24) is 0 Å². The number of alkyl halides is 2. The van der Waals surface area contributed by atoms with Crippen LogP contribution >= 0.6 is 15.9 Å². The molecule has 0 bridgehead atoms. The number of Topliss-reactive ketones (excluding diaryl/α,β-unsaturated/α-hetero) is 1. The Bertz CT molecular complexity index is 841. The van der Waals surface area contributed by atoms with Gasteiger partial charge in [0.2, 0.25) is 0 Å². The lowest BCUT2D eigenvalue weighted by molar-refractivity contribution is -0.218. The minimum Gasteiger partial charge on any atom is -0.390 e. The van der Waals surface area contributed by atoms with Crippen molar-refractivity contribution in [2.75, 3.05) is 6.61 Å². The van der Waals surface area contributed by atoms with Gasteiger partial charge in [-0.3, -0.25) is 9.59 Å². The van der Waals surface area contributed by atoms with E-state index in [1.54, 1.807) is 26.8 Å². The molecule has 0 aromatic rings. The predicted octanol–water partition coefficient (Wildman–Crippen LogP) is 2.27. The van der Waals surface area contributed by atoms with Crippen LogP contribution in [-0.2, 0) is 9.59 Å². The number of ketones is 2. The average Bonchev–Trinajstić information content (AvgIpc) is 2.86. The Kier molecular flexibility index (Phi) is 4.65. The molecule has 0 saturated heterocycles. The van der Waals surface area contributed by atoms with Gasteiger partial charge >= 0.3 is 0 Å². The summed E-state index contributed by atoms with van der Waals surface area (Å²) in [4.78, 5) is 24.3. The molecule has 0 radical (unpaired) electrons. The number of fused-ring (bicyclic) bond motifs is 5. The second kappa shape index (κ2) is 6.31. The van der Waals surface area contributed by atoms with E-state index in [1.807, 2.05) is 0 Å². The first-order valence-corrected chi connectivity index (χ1v) is 11.1. The lowest BCUT2D eigenvalue weighted by atomic mass is 9.44. The molecule has 5 nitrogen and oxygen atoms in total. The highest BCUT2D eigenvalue weighted by atomic mass is 79.9. The van der Waals surface area contributed by atoms with E-state index in [2.05, 4.69) is 15.9 Å². The largest absolute Gasteiger partial charge is 0.390 e. The second-order valence-electron chi connectivity index (χ2n) is 9.84. The minimum absolute atomic E-state index is 0.0884. The van der Waals surface area contributed by atoms with Gasteiger partial charge in [-0.2, -0.15) is 0 Å². The molecule has 0 aromatic heterocycles. The zero-order valence-corrected chi connectivity index (χ0v) is 18.4. The molecule has 160 valence electrons. The van der Waals surface area contributed by atoms with Gasteiger partial charge in [0.25, 0.3) is 0 Å². The maximum Gasteiger partial charge on any atom is 0.190 e. The minimum atomic E-state index is -2.03. The molecule has 0 heterocycles. The van der Waals surface area contributed by atoms with Crippen LogP contribution in [0, 0.1) is 28.6 Å². The van der Waals surface area contributed by atoms with E-state index in [4.69, 9.17) is 0 Å². The molecule has 9 unspecified atom stereocenters. The summed E-state index contributed by atoms with van der Waals surface area (Å²) >= 11 is 3.63. The second-order valence-corrected chi connectivity index (χ2v) is 10.9. The Balaban J connectivity index is 1.87. The topological polar surface area (TPSA) is 94.8 Å². The number of aliphatic hydroxyl groups is 3. The van der Waals surface area contributed by atoms with Crippen molar-refractivity contribution in [2.24, 2.45) is 28.6 Å². The summed E-state index contributed by atoms with van der Waals surface area (Å²) < 4.78 is 17.0. The van der Waals surface area contributed by atoms with Gasteiger partial charge in [0.15, 0.2) is 17.2 Å². The van der Waals surface area contributed by atoms with Crippen molar-refractivity contribution < 1.29 is 29.3 Å². The number of rotatable bonds is 2. The maximum absolute atomic E-state index is 17.0. The predicted molar refractivity (Wildman–Crippen MR) is 108 cm³/mol. The number of allylic oxidation sites excluding steroid dienone is 4. The summed E-state index contributed by atoms with van der Waals surface area (Å²) in [5.41, 5.74) is -5.43. The summed E-state index contributed by atoms with van der Waals surface area (Å²) in [6, 6.07) is 0. The van der Waals surface area contributed by atoms with Crippen LogP contribution in [0.15, 0.2) is 23.8 Å². The number of aliphatic hydroxyl groups excluding tert-OH is 2. The normalized spacial score (nSPS) is 53.7. The van der Waals surface area contributed by atoms with Gasteiger partial charge in [0.05, 0.1) is 6.10 Å². The molecule has 3 N–H and O–H groups in total. The van der Waals surface area contributed by atoms with Crippen LogP contribution < -0.4 is 0 Å². The van der Waals surface area contributed by atoms with Crippen LogP contribution in [-0.4, -0.2) is 55.7 Å².